The van der Waals surface area contributed by atoms with Crippen LogP contribution in [0.2, 0.25) is 0 Å². The Morgan fingerprint density at radius 2 is 1.89 bits per heavy atom. The Morgan fingerprint density at radius 1 is 1.26 bits per heavy atom. The molecule has 1 heterocycles. The van der Waals surface area contributed by atoms with Gasteiger partial charge in [0.15, 0.2) is 0 Å². The molecule has 0 aliphatic carbocycles. The molecule has 4 nitrogen and oxygen atoms in total. The van der Waals surface area contributed by atoms with Gasteiger partial charge in [0.1, 0.15) is 0 Å². The third-order valence-electron chi connectivity index (χ3n) is 3.48. The lowest BCUT2D eigenvalue weighted by molar-refractivity contribution is 0.0697. The van der Waals surface area contributed by atoms with Gasteiger partial charge in [-0.25, -0.2) is 4.79 Å². The average molecular weight is 261 g/mol. The summed E-state index contributed by atoms with van der Waals surface area (Å²) in [5, 5.41) is 19.9. The monoisotopic (exact) mass is 261 g/mol. The molecule has 0 aliphatic rings. The molecule has 2 rings (SSSR count). The van der Waals surface area contributed by atoms with Gasteiger partial charge in [-0.1, -0.05) is 0 Å². The SMILES string of the molecule is Cc1c(C(C)O)c2cc(C(=O)O)ccc2n1C(C)C. The summed E-state index contributed by atoms with van der Waals surface area (Å²) in [6.07, 6.45) is -0.619. The second kappa shape index (κ2) is 4.70. The van der Waals surface area contributed by atoms with Crippen LogP contribution in [0.4, 0.5) is 0 Å². The number of carboxylic acid groups (broad SMARTS) is 1. The summed E-state index contributed by atoms with van der Waals surface area (Å²) in [6.45, 7) is 7.81. The Balaban J connectivity index is 2.86. The van der Waals surface area contributed by atoms with Gasteiger partial charge in [0.2, 0.25) is 0 Å². The van der Waals surface area contributed by atoms with Gasteiger partial charge in [-0.2, -0.15) is 0 Å². The summed E-state index contributed by atoms with van der Waals surface area (Å²) in [4.78, 5) is 11.1. The van der Waals surface area contributed by atoms with Gasteiger partial charge < -0.3 is 14.8 Å². The van der Waals surface area contributed by atoms with Gasteiger partial charge in [-0.3, -0.25) is 0 Å². The molecule has 1 atom stereocenters. The number of hydrogen-bond acceptors (Lipinski definition) is 2. The predicted octanol–water partition coefficient (Wildman–Crippen LogP) is 3.28. The van der Waals surface area contributed by atoms with E-state index in [1.165, 1.54) is 0 Å². The largest absolute Gasteiger partial charge is 0.478 e. The number of carbonyl (C=O) groups is 1. The number of rotatable bonds is 3. The highest BCUT2D eigenvalue weighted by Gasteiger charge is 2.20. The normalized spacial score (nSPS) is 13.2. The van der Waals surface area contributed by atoms with Crippen molar-refractivity contribution < 1.29 is 15.0 Å². The number of aromatic nitrogens is 1. The van der Waals surface area contributed by atoms with E-state index in [-0.39, 0.29) is 11.6 Å². The zero-order chi connectivity index (χ0) is 14.3. The molecule has 0 spiro atoms. The van der Waals surface area contributed by atoms with Crippen molar-refractivity contribution in [1.29, 1.82) is 0 Å². The third-order valence-corrected chi connectivity index (χ3v) is 3.48. The van der Waals surface area contributed by atoms with E-state index >= 15 is 0 Å². The van der Waals surface area contributed by atoms with E-state index in [1.54, 1.807) is 19.1 Å². The molecule has 4 heteroatoms. The molecule has 2 aromatic rings. The van der Waals surface area contributed by atoms with Crippen molar-refractivity contribution in [2.24, 2.45) is 0 Å². The van der Waals surface area contributed by atoms with Gasteiger partial charge in [-0.05, 0) is 45.9 Å². The van der Waals surface area contributed by atoms with E-state index in [0.29, 0.717) is 0 Å². The molecular weight excluding hydrogens is 242 g/mol. The number of nitrogens with zero attached hydrogens (tertiary/aromatic N) is 1. The molecule has 0 bridgehead atoms. The van der Waals surface area contributed by atoms with Crippen LogP contribution < -0.4 is 0 Å². The van der Waals surface area contributed by atoms with Crippen molar-refractivity contribution in [2.75, 3.05) is 0 Å². The van der Waals surface area contributed by atoms with Crippen LogP contribution in [-0.4, -0.2) is 20.7 Å². The van der Waals surface area contributed by atoms with Crippen LogP contribution in [0.15, 0.2) is 18.2 Å². The fourth-order valence-corrected chi connectivity index (χ4v) is 2.79. The first-order valence-electron chi connectivity index (χ1n) is 6.40. The third kappa shape index (κ3) is 2.12. The first-order valence-corrected chi connectivity index (χ1v) is 6.40. The van der Waals surface area contributed by atoms with Crippen molar-refractivity contribution in [3.8, 4) is 0 Å². The van der Waals surface area contributed by atoms with Crippen LogP contribution in [0, 0.1) is 6.92 Å². The molecule has 1 aromatic carbocycles. The fraction of sp³-hybridized carbons (Fsp3) is 0.400. The number of carboxylic acids is 1. The summed E-state index contributed by atoms with van der Waals surface area (Å²) in [5.41, 5.74) is 3.01. The summed E-state index contributed by atoms with van der Waals surface area (Å²) in [6, 6.07) is 5.32. The number of benzene rings is 1. The molecule has 102 valence electrons. The number of aliphatic hydroxyl groups is 1. The van der Waals surface area contributed by atoms with E-state index in [9.17, 15) is 9.90 Å². The van der Waals surface area contributed by atoms with Crippen LogP contribution in [0.5, 0.6) is 0 Å². The molecule has 19 heavy (non-hydrogen) atoms. The number of fused-ring (bicyclic) bond motifs is 1. The molecule has 0 aliphatic heterocycles. The Morgan fingerprint density at radius 3 is 2.37 bits per heavy atom. The summed E-state index contributed by atoms with van der Waals surface area (Å²) < 4.78 is 2.13. The maximum atomic E-state index is 11.1. The van der Waals surface area contributed by atoms with Crippen molar-refractivity contribution in [1.82, 2.24) is 4.57 Å². The Kier molecular flexibility index (Phi) is 3.37. The van der Waals surface area contributed by atoms with Crippen LogP contribution in [0.1, 0.15) is 54.5 Å². The van der Waals surface area contributed by atoms with E-state index < -0.39 is 12.1 Å². The van der Waals surface area contributed by atoms with Crippen molar-refractivity contribution >= 4 is 16.9 Å². The molecular formula is C15H19NO3. The number of aromatic carboxylic acids is 1. The summed E-state index contributed by atoms with van der Waals surface area (Å²) in [7, 11) is 0. The zero-order valence-corrected chi connectivity index (χ0v) is 11.6. The minimum absolute atomic E-state index is 0.246. The van der Waals surface area contributed by atoms with Crippen molar-refractivity contribution in [2.45, 2.75) is 39.8 Å². The standard InChI is InChI=1S/C15H19NO3/c1-8(2)16-9(3)14(10(4)17)12-7-11(15(18)19)5-6-13(12)16/h5-8,10,17H,1-4H3,(H,18,19). The van der Waals surface area contributed by atoms with Gasteiger partial charge >= 0.3 is 5.97 Å². The van der Waals surface area contributed by atoms with Gasteiger partial charge in [-0.15, -0.1) is 0 Å². The summed E-state index contributed by atoms with van der Waals surface area (Å²) >= 11 is 0. The Bertz CT molecular complexity index is 638. The van der Waals surface area contributed by atoms with E-state index in [0.717, 1.165) is 22.2 Å². The fourth-order valence-electron chi connectivity index (χ4n) is 2.79. The first kappa shape index (κ1) is 13.6. The van der Waals surface area contributed by atoms with E-state index in [2.05, 4.69) is 18.4 Å². The maximum Gasteiger partial charge on any atom is 0.335 e. The van der Waals surface area contributed by atoms with E-state index in [1.807, 2.05) is 13.0 Å². The molecule has 1 unspecified atom stereocenters. The molecule has 2 N–H and O–H groups in total. The van der Waals surface area contributed by atoms with Gasteiger partial charge in [0, 0.05) is 28.2 Å². The molecule has 0 saturated carbocycles. The van der Waals surface area contributed by atoms with E-state index in [4.69, 9.17) is 5.11 Å². The van der Waals surface area contributed by atoms with Gasteiger partial charge in [0.05, 0.1) is 11.7 Å². The Labute approximate surface area is 112 Å². The molecule has 0 fully saturated rings. The lowest BCUT2D eigenvalue weighted by Gasteiger charge is -2.13. The molecule has 1 aromatic heterocycles. The second-order valence-electron chi connectivity index (χ2n) is 5.18. The van der Waals surface area contributed by atoms with Crippen LogP contribution in [0.3, 0.4) is 0 Å². The highest BCUT2D eigenvalue weighted by molar-refractivity contribution is 5.95. The quantitative estimate of drug-likeness (QED) is 0.891. The predicted molar refractivity (Wildman–Crippen MR) is 74.7 cm³/mol. The lowest BCUT2D eigenvalue weighted by atomic mass is 10.0. The Hall–Kier alpha value is -1.81. The zero-order valence-electron chi connectivity index (χ0n) is 11.6. The lowest BCUT2D eigenvalue weighted by Crippen LogP contribution is -2.04. The highest BCUT2D eigenvalue weighted by Crippen LogP contribution is 2.33. The maximum absolute atomic E-state index is 11.1. The molecule has 0 amide bonds. The van der Waals surface area contributed by atoms with Crippen molar-refractivity contribution in [3.05, 3.63) is 35.0 Å². The van der Waals surface area contributed by atoms with Crippen LogP contribution in [-0.2, 0) is 0 Å². The van der Waals surface area contributed by atoms with Crippen LogP contribution in [0.25, 0.3) is 10.9 Å². The first-order chi connectivity index (χ1) is 8.84. The molecule has 0 radical (unpaired) electrons. The minimum atomic E-state index is -0.951. The minimum Gasteiger partial charge on any atom is -0.478 e. The van der Waals surface area contributed by atoms with Gasteiger partial charge in [0.25, 0.3) is 0 Å². The second-order valence-corrected chi connectivity index (χ2v) is 5.18. The topological polar surface area (TPSA) is 62.5 Å². The number of aliphatic hydroxyl groups excluding tert-OH is 1. The smallest absolute Gasteiger partial charge is 0.335 e. The number of hydrogen-bond donors (Lipinski definition) is 2. The van der Waals surface area contributed by atoms with Crippen LogP contribution >= 0.6 is 0 Å². The van der Waals surface area contributed by atoms with Crippen molar-refractivity contribution in [3.63, 3.8) is 0 Å². The average Bonchev–Trinajstić information content (AvgIpc) is 2.59. The highest BCUT2D eigenvalue weighted by atomic mass is 16.4. The molecule has 0 saturated heterocycles. The summed E-state index contributed by atoms with van der Waals surface area (Å²) in [5.74, 6) is -0.951.